The molecule has 4 atom stereocenters. The SMILES string of the molecule is CSCCC(NC(=O)C(CCCCN)NC(=O)C(C)N)C(=O)NC(CO)C(=O)O. The van der Waals surface area contributed by atoms with E-state index in [1.54, 1.807) is 0 Å². The zero-order chi connectivity index (χ0) is 22.4. The third kappa shape index (κ3) is 11.0. The van der Waals surface area contributed by atoms with Gasteiger partial charge in [-0.15, -0.1) is 0 Å². The Morgan fingerprint density at radius 1 is 0.931 bits per heavy atom. The molecule has 0 saturated carbocycles. The lowest BCUT2D eigenvalue weighted by Crippen LogP contribution is -2.57. The Kier molecular flexibility index (Phi) is 14.0. The van der Waals surface area contributed by atoms with Crippen LogP contribution < -0.4 is 27.4 Å². The van der Waals surface area contributed by atoms with Crippen LogP contribution in [-0.2, 0) is 19.2 Å². The molecule has 0 radical (unpaired) electrons. The lowest BCUT2D eigenvalue weighted by Gasteiger charge is -2.24. The number of amides is 3. The number of unbranched alkanes of at least 4 members (excludes halogenated alkanes) is 1. The van der Waals surface area contributed by atoms with E-state index in [0.29, 0.717) is 31.6 Å². The number of hydrogen-bond donors (Lipinski definition) is 7. The number of hydrogen-bond acceptors (Lipinski definition) is 8. The van der Waals surface area contributed by atoms with E-state index in [2.05, 4.69) is 16.0 Å². The Hall–Kier alpha value is -1.89. The molecule has 0 aromatic rings. The maximum absolute atomic E-state index is 12.7. The van der Waals surface area contributed by atoms with Gasteiger partial charge in [-0.2, -0.15) is 11.8 Å². The lowest BCUT2D eigenvalue weighted by molar-refractivity contribution is -0.143. The van der Waals surface area contributed by atoms with Gasteiger partial charge in [-0.1, -0.05) is 0 Å². The number of rotatable bonds is 15. The quantitative estimate of drug-likeness (QED) is 0.139. The average molecular weight is 436 g/mol. The molecule has 0 aromatic heterocycles. The number of carbonyl (C=O) groups excluding carboxylic acids is 3. The van der Waals surface area contributed by atoms with Gasteiger partial charge in [0, 0.05) is 0 Å². The Morgan fingerprint density at radius 3 is 1.90 bits per heavy atom. The fraction of sp³-hybridized carbons (Fsp3) is 0.765. The third-order valence-corrected chi connectivity index (χ3v) is 4.68. The topological polar surface area (TPSA) is 197 Å². The molecule has 29 heavy (non-hydrogen) atoms. The summed E-state index contributed by atoms with van der Waals surface area (Å²) in [6.45, 7) is 1.14. The number of nitrogens with one attached hydrogen (secondary N) is 3. The minimum Gasteiger partial charge on any atom is -0.480 e. The molecule has 0 spiro atoms. The molecule has 3 amide bonds. The molecule has 12 heteroatoms. The predicted octanol–water partition coefficient (Wildman–Crippen LogP) is -2.25. The molecule has 0 bridgehead atoms. The van der Waals surface area contributed by atoms with Crippen LogP contribution >= 0.6 is 11.8 Å². The van der Waals surface area contributed by atoms with Gasteiger partial charge in [0.2, 0.25) is 17.7 Å². The van der Waals surface area contributed by atoms with Crippen molar-refractivity contribution in [2.24, 2.45) is 11.5 Å². The van der Waals surface area contributed by atoms with Crippen molar-refractivity contribution in [2.75, 3.05) is 25.2 Å². The molecule has 0 saturated heterocycles. The molecule has 9 N–H and O–H groups in total. The second kappa shape index (κ2) is 15.0. The number of carbonyl (C=O) groups is 4. The van der Waals surface area contributed by atoms with Crippen LogP contribution in [0.25, 0.3) is 0 Å². The third-order valence-electron chi connectivity index (χ3n) is 4.03. The first-order valence-corrected chi connectivity index (χ1v) is 10.8. The monoisotopic (exact) mass is 435 g/mol. The summed E-state index contributed by atoms with van der Waals surface area (Å²) in [5, 5.41) is 25.4. The van der Waals surface area contributed by atoms with Crippen molar-refractivity contribution < 1.29 is 29.4 Å². The minimum absolute atomic E-state index is 0.243. The molecule has 0 fully saturated rings. The van der Waals surface area contributed by atoms with E-state index in [4.69, 9.17) is 21.7 Å². The van der Waals surface area contributed by atoms with E-state index < -0.39 is 54.5 Å². The van der Waals surface area contributed by atoms with Crippen LogP contribution in [0.1, 0.15) is 32.6 Å². The van der Waals surface area contributed by atoms with Crippen LogP contribution in [0.3, 0.4) is 0 Å². The number of thioether (sulfide) groups is 1. The van der Waals surface area contributed by atoms with Crippen LogP contribution in [0.2, 0.25) is 0 Å². The summed E-state index contributed by atoms with van der Waals surface area (Å²) in [6.07, 6.45) is 3.62. The van der Waals surface area contributed by atoms with Gasteiger partial charge >= 0.3 is 5.97 Å². The number of aliphatic carboxylic acids is 1. The Balaban J connectivity index is 5.24. The van der Waals surface area contributed by atoms with E-state index in [1.165, 1.54) is 18.7 Å². The highest BCUT2D eigenvalue weighted by atomic mass is 32.2. The largest absolute Gasteiger partial charge is 0.480 e. The van der Waals surface area contributed by atoms with Crippen molar-refractivity contribution in [3.63, 3.8) is 0 Å². The zero-order valence-corrected chi connectivity index (χ0v) is 17.7. The highest BCUT2D eigenvalue weighted by Gasteiger charge is 2.29. The molecular weight excluding hydrogens is 402 g/mol. The van der Waals surface area contributed by atoms with E-state index in [9.17, 15) is 19.2 Å². The molecule has 0 aliphatic carbocycles. The maximum atomic E-state index is 12.7. The second-order valence-corrected chi connectivity index (χ2v) is 7.54. The Morgan fingerprint density at radius 2 is 1.45 bits per heavy atom. The van der Waals surface area contributed by atoms with Crippen molar-refractivity contribution in [2.45, 2.75) is 56.8 Å². The summed E-state index contributed by atoms with van der Waals surface area (Å²) < 4.78 is 0. The summed E-state index contributed by atoms with van der Waals surface area (Å²) >= 11 is 1.45. The van der Waals surface area contributed by atoms with Crippen LogP contribution in [0.4, 0.5) is 0 Å². The van der Waals surface area contributed by atoms with Crippen molar-refractivity contribution in [1.29, 1.82) is 0 Å². The van der Waals surface area contributed by atoms with Gasteiger partial charge in [0.25, 0.3) is 0 Å². The minimum atomic E-state index is -1.48. The van der Waals surface area contributed by atoms with E-state index in [1.807, 2.05) is 6.26 Å². The molecule has 0 aromatic carbocycles. The highest BCUT2D eigenvalue weighted by molar-refractivity contribution is 7.98. The molecule has 168 valence electrons. The second-order valence-electron chi connectivity index (χ2n) is 6.56. The van der Waals surface area contributed by atoms with Crippen LogP contribution in [0, 0.1) is 0 Å². The summed E-state index contributed by atoms with van der Waals surface area (Å²) in [7, 11) is 0. The maximum Gasteiger partial charge on any atom is 0.328 e. The van der Waals surface area contributed by atoms with Crippen molar-refractivity contribution in [3.8, 4) is 0 Å². The number of nitrogens with two attached hydrogens (primary N) is 2. The Bertz CT molecular complexity index is 548. The van der Waals surface area contributed by atoms with Crippen LogP contribution in [-0.4, -0.2) is 83.2 Å². The normalized spacial score (nSPS) is 14.9. The Labute approximate surface area is 174 Å². The molecule has 0 aliphatic rings. The van der Waals surface area contributed by atoms with Gasteiger partial charge in [-0.05, 0) is 51.2 Å². The van der Waals surface area contributed by atoms with Gasteiger partial charge in [-0.3, -0.25) is 14.4 Å². The van der Waals surface area contributed by atoms with Gasteiger partial charge < -0.3 is 37.6 Å². The van der Waals surface area contributed by atoms with Gasteiger partial charge in [0.15, 0.2) is 0 Å². The van der Waals surface area contributed by atoms with Crippen LogP contribution in [0.5, 0.6) is 0 Å². The predicted molar refractivity (Wildman–Crippen MR) is 110 cm³/mol. The zero-order valence-electron chi connectivity index (χ0n) is 16.8. The summed E-state index contributed by atoms with van der Waals surface area (Å²) in [6, 6.07) is -4.21. The van der Waals surface area contributed by atoms with Gasteiger partial charge in [0.05, 0.1) is 12.6 Å². The number of aliphatic hydroxyl groups is 1. The molecule has 0 heterocycles. The number of carboxylic acid groups (broad SMARTS) is 1. The highest BCUT2D eigenvalue weighted by Crippen LogP contribution is 2.06. The molecule has 4 unspecified atom stereocenters. The molecule has 0 aliphatic heterocycles. The van der Waals surface area contributed by atoms with E-state index in [0.717, 1.165) is 0 Å². The summed E-state index contributed by atoms with van der Waals surface area (Å²) in [5.41, 5.74) is 11.0. The first-order valence-electron chi connectivity index (χ1n) is 9.37. The van der Waals surface area contributed by atoms with E-state index >= 15 is 0 Å². The van der Waals surface area contributed by atoms with Crippen molar-refractivity contribution >= 4 is 35.5 Å². The van der Waals surface area contributed by atoms with Gasteiger partial charge in [-0.25, -0.2) is 4.79 Å². The van der Waals surface area contributed by atoms with E-state index in [-0.39, 0.29) is 6.42 Å². The standard InChI is InChI=1S/C17H33N5O6S/c1-10(19)14(24)20-11(5-3-4-7-18)15(25)21-12(6-8-29-2)16(26)22-13(9-23)17(27)28/h10-13,23H,3-9,18-19H2,1-2H3,(H,20,24)(H,21,25)(H,22,26)(H,27,28). The van der Waals surface area contributed by atoms with Crippen molar-refractivity contribution in [1.82, 2.24) is 16.0 Å². The first kappa shape index (κ1) is 27.1. The summed E-state index contributed by atoms with van der Waals surface area (Å²) in [5.74, 6) is -2.67. The fourth-order valence-corrected chi connectivity index (χ4v) is 2.77. The van der Waals surface area contributed by atoms with Crippen LogP contribution in [0.15, 0.2) is 0 Å². The fourth-order valence-electron chi connectivity index (χ4n) is 2.30. The number of aliphatic hydroxyl groups excluding tert-OH is 1. The first-order chi connectivity index (χ1) is 13.7. The van der Waals surface area contributed by atoms with Gasteiger partial charge in [0.1, 0.15) is 18.1 Å². The summed E-state index contributed by atoms with van der Waals surface area (Å²) in [4.78, 5) is 48.1. The van der Waals surface area contributed by atoms with Crippen molar-refractivity contribution in [3.05, 3.63) is 0 Å². The molecular formula is C17H33N5O6S. The lowest BCUT2D eigenvalue weighted by atomic mass is 10.1. The molecule has 0 rings (SSSR count). The smallest absolute Gasteiger partial charge is 0.328 e. The molecule has 11 nitrogen and oxygen atoms in total. The average Bonchev–Trinajstić information content (AvgIpc) is 2.67. The number of carboxylic acids is 1.